The summed E-state index contributed by atoms with van der Waals surface area (Å²) < 4.78 is 40.4. The number of carboxylic acids is 1. The van der Waals surface area contributed by atoms with Crippen LogP contribution in [0.4, 0.5) is 18.9 Å². The highest BCUT2D eigenvalue weighted by Gasteiger charge is 2.31. The molecule has 0 atom stereocenters. The van der Waals surface area contributed by atoms with Crippen molar-refractivity contribution in [1.82, 2.24) is 4.57 Å². The summed E-state index contributed by atoms with van der Waals surface area (Å²) in [4.78, 5) is 23.7. The highest BCUT2D eigenvalue weighted by Crippen LogP contribution is 2.31. The summed E-state index contributed by atoms with van der Waals surface area (Å²) in [6, 6.07) is 6.08. The number of rotatable bonds is 5. The molecule has 0 unspecified atom stereocenters. The van der Waals surface area contributed by atoms with Crippen molar-refractivity contribution in [3.63, 3.8) is 0 Å². The number of amides is 1. The second-order valence-corrected chi connectivity index (χ2v) is 7.61. The first-order chi connectivity index (χ1) is 12.8. The van der Waals surface area contributed by atoms with Crippen LogP contribution < -0.4 is 5.32 Å². The molecule has 5 nitrogen and oxygen atoms in total. The van der Waals surface area contributed by atoms with Crippen LogP contribution >= 0.6 is 0 Å². The molecule has 28 heavy (non-hydrogen) atoms. The van der Waals surface area contributed by atoms with E-state index in [2.05, 4.69) is 5.32 Å². The molecule has 2 N–H and O–H groups in total. The number of carbonyl (C=O) groups excluding carboxylic acids is 1. The fourth-order valence-corrected chi connectivity index (χ4v) is 2.96. The Hall–Kier alpha value is -2.77. The molecule has 0 saturated heterocycles. The Kier molecular flexibility index (Phi) is 5.91. The van der Waals surface area contributed by atoms with Gasteiger partial charge < -0.3 is 15.0 Å². The van der Waals surface area contributed by atoms with Gasteiger partial charge in [0.15, 0.2) is 0 Å². The molecule has 152 valence electrons. The van der Waals surface area contributed by atoms with Crippen LogP contribution in [0.15, 0.2) is 30.3 Å². The van der Waals surface area contributed by atoms with Crippen LogP contribution in [-0.4, -0.2) is 21.6 Å². The second kappa shape index (κ2) is 7.69. The molecule has 8 heteroatoms. The number of aliphatic carboxylic acids is 1. The Morgan fingerprint density at radius 2 is 1.79 bits per heavy atom. The van der Waals surface area contributed by atoms with Crippen molar-refractivity contribution >= 4 is 17.6 Å². The summed E-state index contributed by atoms with van der Waals surface area (Å²) >= 11 is 0. The van der Waals surface area contributed by atoms with Crippen LogP contribution in [0.2, 0.25) is 0 Å². The van der Waals surface area contributed by atoms with Crippen LogP contribution in [0, 0.1) is 6.92 Å². The Labute approximate surface area is 161 Å². The quantitative estimate of drug-likeness (QED) is 0.760. The summed E-state index contributed by atoms with van der Waals surface area (Å²) in [5, 5.41) is 11.5. The minimum atomic E-state index is -4.50. The number of carbonyl (C=O) groups is 2. The summed E-state index contributed by atoms with van der Waals surface area (Å²) in [7, 11) is 0. The van der Waals surface area contributed by atoms with Crippen LogP contribution in [0.3, 0.4) is 0 Å². The molecule has 2 aromatic rings. The highest BCUT2D eigenvalue weighted by molar-refractivity contribution is 6.05. The Bertz CT molecular complexity index is 893. The highest BCUT2D eigenvalue weighted by atomic mass is 19.4. The maximum atomic E-state index is 12.9. The van der Waals surface area contributed by atoms with Gasteiger partial charge in [-0.05, 0) is 31.2 Å². The molecule has 2 rings (SSSR count). The van der Waals surface area contributed by atoms with Gasteiger partial charge in [0, 0.05) is 29.0 Å². The van der Waals surface area contributed by atoms with Gasteiger partial charge in [0.2, 0.25) is 0 Å². The van der Waals surface area contributed by atoms with Gasteiger partial charge in [-0.3, -0.25) is 9.59 Å². The van der Waals surface area contributed by atoms with Gasteiger partial charge in [0.1, 0.15) is 0 Å². The van der Waals surface area contributed by atoms with Gasteiger partial charge in [-0.2, -0.15) is 13.2 Å². The van der Waals surface area contributed by atoms with Crippen LogP contribution in [-0.2, 0) is 22.9 Å². The molecule has 0 saturated carbocycles. The molecule has 1 heterocycles. The van der Waals surface area contributed by atoms with Crippen molar-refractivity contribution in [2.24, 2.45) is 0 Å². The smallest absolute Gasteiger partial charge is 0.416 e. The van der Waals surface area contributed by atoms with E-state index in [0.717, 1.165) is 17.8 Å². The van der Waals surface area contributed by atoms with Crippen molar-refractivity contribution in [1.29, 1.82) is 0 Å². The van der Waals surface area contributed by atoms with Gasteiger partial charge in [0.25, 0.3) is 5.91 Å². The van der Waals surface area contributed by atoms with Crippen LogP contribution in [0.1, 0.15) is 54.5 Å². The second-order valence-electron chi connectivity index (χ2n) is 7.61. The summed E-state index contributed by atoms with van der Waals surface area (Å²) in [5.74, 6) is -1.50. The standard InChI is InChI=1S/C20H23F3N2O3/c1-12-15(11-16(19(2,3)4)25(12)9-8-17(26)27)18(28)24-14-7-5-6-13(10-14)20(21,22)23/h5-7,10-11H,8-9H2,1-4H3,(H,24,28)(H,26,27). The Morgan fingerprint density at radius 3 is 2.32 bits per heavy atom. The number of carboxylic acid groups (broad SMARTS) is 1. The SMILES string of the molecule is Cc1c(C(=O)Nc2cccc(C(F)(F)F)c2)cc(C(C)(C)C)n1CCC(=O)O. The molecule has 0 radical (unpaired) electrons. The lowest BCUT2D eigenvalue weighted by atomic mass is 9.91. The third kappa shape index (κ3) is 4.94. The zero-order valence-electron chi connectivity index (χ0n) is 16.1. The first kappa shape index (κ1) is 21.5. The van der Waals surface area contributed by atoms with E-state index in [1.807, 2.05) is 20.8 Å². The van der Waals surface area contributed by atoms with E-state index in [4.69, 9.17) is 5.11 Å². The third-order valence-corrected chi connectivity index (χ3v) is 4.38. The van der Waals surface area contributed by atoms with Crippen molar-refractivity contribution in [2.45, 2.75) is 52.3 Å². The van der Waals surface area contributed by atoms with Crippen LogP contribution in [0.5, 0.6) is 0 Å². The molecule has 0 aliphatic rings. The molecule has 0 aliphatic heterocycles. The summed E-state index contributed by atoms with van der Waals surface area (Å²) in [5.41, 5.74) is 0.480. The number of benzene rings is 1. The molecule has 1 aromatic heterocycles. The first-order valence-corrected chi connectivity index (χ1v) is 8.71. The van der Waals surface area contributed by atoms with Gasteiger partial charge in [-0.1, -0.05) is 26.8 Å². The molecule has 1 amide bonds. The van der Waals surface area contributed by atoms with E-state index in [-0.39, 0.29) is 24.1 Å². The maximum absolute atomic E-state index is 12.9. The number of halogens is 3. The molecular weight excluding hydrogens is 373 g/mol. The minimum absolute atomic E-state index is 0.0369. The number of anilines is 1. The average molecular weight is 396 g/mol. The molecule has 0 fully saturated rings. The zero-order valence-corrected chi connectivity index (χ0v) is 16.1. The zero-order chi connectivity index (χ0) is 21.3. The largest absolute Gasteiger partial charge is 0.481 e. The number of nitrogens with zero attached hydrogens (tertiary/aromatic N) is 1. The monoisotopic (exact) mass is 396 g/mol. The maximum Gasteiger partial charge on any atom is 0.416 e. The normalized spacial score (nSPS) is 12.1. The fourth-order valence-electron chi connectivity index (χ4n) is 2.96. The van der Waals surface area contributed by atoms with E-state index in [1.54, 1.807) is 17.6 Å². The van der Waals surface area contributed by atoms with E-state index in [0.29, 0.717) is 11.3 Å². The van der Waals surface area contributed by atoms with E-state index >= 15 is 0 Å². The van der Waals surface area contributed by atoms with Crippen molar-refractivity contribution in [3.05, 3.63) is 52.8 Å². The molecule has 0 aliphatic carbocycles. The van der Waals surface area contributed by atoms with E-state index in [1.165, 1.54) is 12.1 Å². The lowest BCUT2D eigenvalue weighted by molar-refractivity contribution is -0.138. The van der Waals surface area contributed by atoms with Crippen LogP contribution in [0.25, 0.3) is 0 Å². The number of alkyl halides is 3. The van der Waals surface area contributed by atoms with Gasteiger partial charge in [0.05, 0.1) is 17.5 Å². The van der Waals surface area contributed by atoms with Crippen molar-refractivity contribution in [2.75, 3.05) is 5.32 Å². The number of hydrogen-bond donors (Lipinski definition) is 2. The van der Waals surface area contributed by atoms with Crippen molar-refractivity contribution < 1.29 is 27.9 Å². The molecule has 0 bridgehead atoms. The van der Waals surface area contributed by atoms with Gasteiger partial charge in [-0.25, -0.2) is 0 Å². The number of nitrogens with one attached hydrogen (secondary N) is 1. The predicted octanol–water partition coefficient (Wildman–Crippen LogP) is 4.84. The summed E-state index contributed by atoms with van der Waals surface area (Å²) in [6.07, 6.45) is -4.61. The first-order valence-electron chi connectivity index (χ1n) is 8.71. The molecular formula is C20H23F3N2O3. The topological polar surface area (TPSA) is 71.3 Å². The molecule has 1 aromatic carbocycles. The fraction of sp³-hybridized carbons (Fsp3) is 0.400. The third-order valence-electron chi connectivity index (χ3n) is 4.38. The van der Waals surface area contributed by atoms with E-state index in [9.17, 15) is 22.8 Å². The van der Waals surface area contributed by atoms with E-state index < -0.39 is 23.6 Å². The lowest BCUT2D eigenvalue weighted by Gasteiger charge is -2.22. The Balaban J connectivity index is 2.37. The van der Waals surface area contributed by atoms with Gasteiger partial charge >= 0.3 is 12.1 Å². The number of aromatic nitrogens is 1. The summed E-state index contributed by atoms with van der Waals surface area (Å²) in [6.45, 7) is 7.71. The average Bonchev–Trinajstić information content (AvgIpc) is 2.89. The number of hydrogen-bond acceptors (Lipinski definition) is 2. The lowest BCUT2D eigenvalue weighted by Crippen LogP contribution is -2.19. The van der Waals surface area contributed by atoms with Crippen molar-refractivity contribution in [3.8, 4) is 0 Å². The van der Waals surface area contributed by atoms with Gasteiger partial charge in [-0.15, -0.1) is 0 Å². The molecule has 0 spiro atoms. The minimum Gasteiger partial charge on any atom is -0.481 e. The predicted molar refractivity (Wildman–Crippen MR) is 99.5 cm³/mol. The Morgan fingerprint density at radius 1 is 1.14 bits per heavy atom.